The molecule has 1 aromatic heterocycles. The van der Waals surface area contributed by atoms with E-state index < -0.39 is 11.8 Å². The summed E-state index contributed by atoms with van der Waals surface area (Å²) in [4.78, 5) is 27.1. The third-order valence-electron chi connectivity index (χ3n) is 2.98. The molecule has 0 saturated carbocycles. The van der Waals surface area contributed by atoms with Crippen LogP contribution in [0.5, 0.6) is 0 Å². The largest absolute Gasteiger partial charge is 0.337 e. The van der Waals surface area contributed by atoms with Crippen molar-refractivity contribution < 1.29 is 14.0 Å². The zero-order valence-electron chi connectivity index (χ0n) is 12.7. The molecule has 0 saturated heterocycles. The van der Waals surface area contributed by atoms with Crippen molar-refractivity contribution in [2.75, 3.05) is 17.2 Å². The smallest absolute Gasteiger partial charge is 0.319 e. The molecule has 3 N–H and O–H groups in total. The molecule has 1 atom stereocenters. The van der Waals surface area contributed by atoms with Crippen LogP contribution in [0.3, 0.4) is 0 Å². The Bertz CT molecular complexity index is 691. The van der Waals surface area contributed by atoms with Crippen LogP contribution in [0.1, 0.15) is 24.8 Å². The van der Waals surface area contributed by atoms with Crippen LogP contribution in [-0.4, -0.2) is 23.5 Å². The van der Waals surface area contributed by atoms with Crippen molar-refractivity contribution >= 4 is 34.6 Å². The first-order valence-electron chi connectivity index (χ1n) is 6.97. The minimum absolute atomic E-state index is 0.0199. The van der Waals surface area contributed by atoms with Gasteiger partial charge in [0.2, 0.25) is 5.91 Å². The van der Waals surface area contributed by atoms with Crippen LogP contribution in [0.25, 0.3) is 0 Å². The van der Waals surface area contributed by atoms with Crippen LogP contribution >= 0.6 is 11.3 Å². The molecule has 0 aliphatic rings. The quantitative estimate of drug-likeness (QED) is 0.784. The number of thiazole rings is 1. The highest BCUT2D eigenvalue weighted by atomic mass is 32.1. The molecule has 2 rings (SSSR count). The van der Waals surface area contributed by atoms with Gasteiger partial charge < -0.3 is 16.0 Å². The minimum atomic E-state index is -0.566. The predicted octanol–water partition coefficient (Wildman–Crippen LogP) is 3.17. The molecule has 3 amide bonds. The lowest BCUT2D eigenvalue weighted by Gasteiger charge is -2.12. The Hall–Kier alpha value is -2.48. The zero-order chi connectivity index (χ0) is 16.8. The summed E-state index contributed by atoms with van der Waals surface area (Å²) in [6, 6.07) is 3.55. The fourth-order valence-corrected chi connectivity index (χ4v) is 2.57. The summed E-state index contributed by atoms with van der Waals surface area (Å²) in [6.45, 7) is 3.68. The molecular weight excluding hydrogens is 319 g/mol. The summed E-state index contributed by atoms with van der Waals surface area (Å²) in [5, 5.41) is 10.5. The van der Waals surface area contributed by atoms with E-state index in [1.54, 1.807) is 6.20 Å². The van der Waals surface area contributed by atoms with Gasteiger partial charge in [0, 0.05) is 36.7 Å². The van der Waals surface area contributed by atoms with E-state index in [2.05, 4.69) is 20.9 Å². The summed E-state index contributed by atoms with van der Waals surface area (Å²) in [6.07, 6.45) is 1.72. The summed E-state index contributed by atoms with van der Waals surface area (Å²) in [7, 11) is 0. The molecule has 122 valence electrons. The van der Waals surface area contributed by atoms with E-state index in [0.29, 0.717) is 12.2 Å². The Morgan fingerprint density at radius 3 is 2.78 bits per heavy atom. The first-order chi connectivity index (χ1) is 11.0. The highest BCUT2D eigenvalue weighted by Crippen LogP contribution is 2.20. The Kier molecular flexibility index (Phi) is 5.64. The minimum Gasteiger partial charge on any atom is -0.337 e. The normalized spacial score (nSPS) is 11.6. The molecule has 23 heavy (non-hydrogen) atoms. The van der Waals surface area contributed by atoms with Crippen LogP contribution in [0.15, 0.2) is 29.8 Å². The van der Waals surface area contributed by atoms with Crippen LogP contribution < -0.4 is 16.0 Å². The summed E-state index contributed by atoms with van der Waals surface area (Å²) < 4.78 is 13.5. The van der Waals surface area contributed by atoms with E-state index in [9.17, 15) is 14.0 Å². The summed E-state index contributed by atoms with van der Waals surface area (Å²) >= 11 is 1.53. The van der Waals surface area contributed by atoms with E-state index >= 15 is 0 Å². The number of benzene rings is 1. The van der Waals surface area contributed by atoms with Gasteiger partial charge in [-0.05, 0) is 18.2 Å². The number of halogens is 1. The van der Waals surface area contributed by atoms with Gasteiger partial charge in [-0.1, -0.05) is 6.92 Å². The SMILES string of the molecule is CC(=O)Nc1cc(NC(=O)NCC(C)c2nccs2)ccc1F. The number of hydrogen-bond acceptors (Lipinski definition) is 4. The van der Waals surface area contributed by atoms with E-state index in [1.165, 1.54) is 36.5 Å². The second kappa shape index (κ2) is 7.68. The van der Waals surface area contributed by atoms with Gasteiger partial charge in [-0.25, -0.2) is 14.2 Å². The number of amides is 3. The molecule has 0 fully saturated rings. The van der Waals surface area contributed by atoms with Gasteiger partial charge in [-0.3, -0.25) is 4.79 Å². The van der Waals surface area contributed by atoms with E-state index in [0.717, 1.165) is 5.01 Å². The Morgan fingerprint density at radius 1 is 1.35 bits per heavy atom. The average Bonchev–Trinajstić information content (AvgIpc) is 3.02. The van der Waals surface area contributed by atoms with Crippen LogP contribution in [-0.2, 0) is 4.79 Å². The van der Waals surface area contributed by atoms with Gasteiger partial charge in [0.25, 0.3) is 0 Å². The van der Waals surface area contributed by atoms with Crippen molar-refractivity contribution in [3.05, 3.63) is 40.6 Å². The number of hydrogen-bond donors (Lipinski definition) is 3. The number of carbonyl (C=O) groups is 2. The highest BCUT2D eigenvalue weighted by Gasteiger charge is 2.11. The number of rotatable bonds is 5. The zero-order valence-corrected chi connectivity index (χ0v) is 13.5. The number of urea groups is 1. The van der Waals surface area contributed by atoms with E-state index in [1.807, 2.05) is 12.3 Å². The lowest BCUT2D eigenvalue weighted by Crippen LogP contribution is -2.31. The Balaban J connectivity index is 1.91. The third-order valence-corrected chi connectivity index (χ3v) is 3.98. The predicted molar refractivity (Wildman–Crippen MR) is 88.3 cm³/mol. The number of nitrogens with one attached hydrogen (secondary N) is 3. The molecule has 0 aliphatic heterocycles. The van der Waals surface area contributed by atoms with Gasteiger partial charge in [-0.2, -0.15) is 0 Å². The molecule has 2 aromatic rings. The molecule has 8 heteroatoms. The van der Waals surface area contributed by atoms with Crippen molar-refractivity contribution in [3.63, 3.8) is 0 Å². The first kappa shape index (κ1) is 16.9. The topological polar surface area (TPSA) is 83.1 Å². The molecule has 0 bridgehead atoms. The second-order valence-electron chi connectivity index (χ2n) is 4.98. The Morgan fingerprint density at radius 2 is 2.13 bits per heavy atom. The molecule has 6 nitrogen and oxygen atoms in total. The number of nitrogens with zero attached hydrogens (tertiary/aromatic N) is 1. The molecule has 1 heterocycles. The van der Waals surface area contributed by atoms with Crippen LogP contribution in [0.2, 0.25) is 0 Å². The van der Waals surface area contributed by atoms with Crippen molar-refractivity contribution in [1.29, 1.82) is 0 Å². The maximum atomic E-state index is 13.5. The fraction of sp³-hybridized carbons (Fsp3) is 0.267. The standard InChI is InChI=1S/C15H17FN4O2S/c1-9(14-17-5-6-23-14)8-18-15(22)20-11-3-4-12(16)13(7-11)19-10(2)21/h3-7,9H,8H2,1-2H3,(H,19,21)(H2,18,20,22). The summed E-state index contributed by atoms with van der Waals surface area (Å²) in [5.74, 6) is -0.852. The van der Waals surface area contributed by atoms with Crippen molar-refractivity contribution in [2.24, 2.45) is 0 Å². The highest BCUT2D eigenvalue weighted by molar-refractivity contribution is 7.09. The molecule has 0 aliphatic carbocycles. The summed E-state index contributed by atoms with van der Waals surface area (Å²) in [5.41, 5.74) is 0.404. The Labute approximate surface area is 137 Å². The number of carbonyl (C=O) groups excluding carboxylic acids is 2. The van der Waals surface area contributed by atoms with Gasteiger partial charge in [0.15, 0.2) is 0 Å². The third kappa shape index (κ3) is 5.03. The molecule has 1 aromatic carbocycles. The van der Waals surface area contributed by atoms with Gasteiger partial charge >= 0.3 is 6.03 Å². The lowest BCUT2D eigenvalue weighted by molar-refractivity contribution is -0.114. The van der Waals surface area contributed by atoms with Crippen LogP contribution in [0, 0.1) is 5.82 Å². The average molecular weight is 336 g/mol. The van der Waals surface area contributed by atoms with Crippen molar-refractivity contribution in [2.45, 2.75) is 19.8 Å². The molecule has 0 radical (unpaired) electrons. The molecular formula is C15H17FN4O2S. The van der Waals surface area contributed by atoms with Crippen molar-refractivity contribution in [3.8, 4) is 0 Å². The number of anilines is 2. The van der Waals surface area contributed by atoms with Crippen molar-refractivity contribution in [1.82, 2.24) is 10.3 Å². The first-order valence-corrected chi connectivity index (χ1v) is 7.85. The monoisotopic (exact) mass is 336 g/mol. The van der Waals surface area contributed by atoms with Crippen LogP contribution in [0.4, 0.5) is 20.6 Å². The van der Waals surface area contributed by atoms with E-state index in [-0.39, 0.29) is 17.5 Å². The lowest BCUT2D eigenvalue weighted by atomic mass is 10.2. The van der Waals surface area contributed by atoms with E-state index in [4.69, 9.17) is 0 Å². The fourth-order valence-electron chi connectivity index (χ4n) is 1.87. The van der Waals surface area contributed by atoms with Gasteiger partial charge in [0.05, 0.1) is 10.7 Å². The second-order valence-corrected chi connectivity index (χ2v) is 5.91. The van der Waals surface area contributed by atoms with Gasteiger partial charge in [-0.15, -0.1) is 11.3 Å². The molecule has 0 spiro atoms. The molecule has 1 unspecified atom stereocenters. The number of aromatic nitrogens is 1. The maximum Gasteiger partial charge on any atom is 0.319 e. The van der Waals surface area contributed by atoms with Gasteiger partial charge in [0.1, 0.15) is 5.82 Å². The maximum absolute atomic E-state index is 13.5.